The van der Waals surface area contributed by atoms with Crippen LogP contribution in [0.1, 0.15) is 47.0 Å². The van der Waals surface area contributed by atoms with Crippen LogP contribution in [0, 0.1) is 5.92 Å². The molecule has 0 aliphatic heterocycles. The molecule has 0 bridgehead atoms. The summed E-state index contributed by atoms with van der Waals surface area (Å²) in [6.07, 6.45) is 4.76. The van der Waals surface area contributed by atoms with Gasteiger partial charge in [0.2, 0.25) is 0 Å². The number of nitrogens with zero attached hydrogens (tertiary/aromatic N) is 1. The number of rotatable bonds is 8. The molecule has 1 N–H and O–H groups in total. The van der Waals surface area contributed by atoms with Crippen molar-refractivity contribution < 1.29 is 14.3 Å². The minimum atomic E-state index is -0.780. The number of carbonyl (C=O) groups excluding carboxylic acids is 1. The SMILES string of the molecule is CCCO[C@](C)(C(=O)Nc1ccc(OC(C)C)c2ncccc12)C1CC1. The summed E-state index contributed by atoms with van der Waals surface area (Å²) in [5.74, 6) is 0.930. The van der Waals surface area contributed by atoms with Gasteiger partial charge in [0.05, 0.1) is 11.8 Å². The molecule has 0 spiro atoms. The number of carbonyl (C=O) groups is 1. The molecule has 0 unspecified atom stereocenters. The molecule has 3 rings (SSSR count). The van der Waals surface area contributed by atoms with Crippen LogP contribution in [-0.4, -0.2) is 29.2 Å². The summed E-state index contributed by atoms with van der Waals surface area (Å²) in [6, 6.07) is 7.57. The molecule has 1 atom stereocenters. The van der Waals surface area contributed by atoms with Crippen molar-refractivity contribution in [3.63, 3.8) is 0 Å². The summed E-state index contributed by atoms with van der Waals surface area (Å²) >= 11 is 0. The summed E-state index contributed by atoms with van der Waals surface area (Å²) in [5, 5.41) is 3.94. The fourth-order valence-electron chi connectivity index (χ4n) is 3.17. The summed E-state index contributed by atoms with van der Waals surface area (Å²) < 4.78 is 11.8. The minimum absolute atomic E-state index is 0.0567. The average molecular weight is 356 g/mol. The normalized spacial score (nSPS) is 16.5. The average Bonchev–Trinajstić information content (AvgIpc) is 3.47. The quantitative estimate of drug-likeness (QED) is 0.753. The second-order valence-corrected chi connectivity index (χ2v) is 7.36. The minimum Gasteiger partial charge on any atom is -0.489 e. The first kappa shape index (κ1) is 18.6. The third-order valence-electron chi connectivity index (χ3n) is 4.76. The summed E-state index contributed by atoms with van der Waals surface area (Å²) in [7, 11) is 0. The Balaban J connectivity index is 1.89. The van der Waals surface area contributed by atoms with Crippen molar-refractivity contribution in [2.24, 2.45) is 5.92 Å². The van der Waals surface area contributed by atoms with Crippen LogP contribution >= 0.6 is 0 Å². The van der Waals surface area contributed by atoms with E-state index < -0.39 is 5.60 Å². The third-order valence-corrected chi connectivity index (χ3v) is 4.76. The highest BCUT2D eigenvalue weighted by atomic mass is 16.5. The number of amides is 1. The molecule has 1 saturated carbocycles. The topological polar surface area (TPSA) is 60.5 Å². The fourth-order valence-corrected chi connectivity index (χ4v) is 3.17. The number of benzene rings is 1. The Bertz CT molecular complexity index is 786. The van der Waals surface area contributed by atoms with Crippen molar-refractivity contribution in [2.75, 3.05) is 11.9 Å². The molecule has 1 fully saturated rings. The van der Waals surface area contributed by atoms with E-state index in [0.29, 0.717) is 12.5 Å². The first-order chi connectivity index (χ1) is 12.5. The number of aromatic nitrogens is 1. The van der Waals surface area contributed by atoms with Gasteiger partial charge >= 0.3 is 0 Å². The van der Waals surface area contributed by atoms with Crippen LogP contribution in [0.4, 0.5) is 5.69 Å². The molecule has 1 amide bonds. The van der Waals surface area contributed by atoms with E-state index in [1.165, 1.54) is 0 Å². The molecule has 1 aliphatic rings. The molecule has 1 heterocycles. The van der Waals surface area contributed by atoms with E-state index in [4.69, 9.17) is 9.47 Å². The van der Waals surface area contributed by atoms with Gasteiger partial charge < -0.3 is 14.8 Å². The van der Waals surface area contributed by atoms with Crippen molar-refractivity contribution in [3.8, 4) is 5.75 Å². The van der Waals surface area contributed by atoms with Crippen molar-refractivity contribution in [3.05, 3.63) is 30.5 Å². The van der Waals surface area contributed by atoms with Crippen molar-refractivity contribution in [2.45, 2.75) is 58.7 Å². The monoisotopic (exact) mass is 356 g/mol. The maximum Gasteiger partial charge on any atom is 0.256 e. The zero-order chi connectivity index (χ0) is 18.7. The van der Waals surface area contributed by atoms with Crippen molar-refractivity contribution >= 4 is 22.5 Å². The molecule has 1 aromatic heterocycles. The standard InChI is InChI=1S/C21H28N2O3/c1-5-13-25-21(4,15-8-9-15)20(24)23-17-10-11-18(26-14(2)3)19-16(17)7-6-12-22-19/h6-7,10-12,14-15H,5,8-9,13H2,1-4H3,(H,23,24)/t21-/m0/s1. The van der Waals surface area contributed by atoms with E-state index in [2.05, 4.69) is 17.2 Å². The van der Waals surface area contributed by atoms with Gasteiger partial charge in [-0.25, -0.2) is 0 Å². The highest BCUT2D eigenvalue weighted by Crippen LogP contribution is 2.43. The second-order valence-electron chi connectivity index (χ2n) is 7.36. The lowest BCUT2D eigenvalue weighted by atomic mass is 9.98. The molecule has 26 heavy (non-hydrogen) atoms. The van der Waals surface area contributed by atoms with E-state index in [-0.39, 0.29) is 12.0 Å². The van der Waals surface area contributed by atoms with Crippen LogP contribution in [0.2, 0.25) is 0 Å². The Labute approximate surface area is 155 Å². The van der Waals surface area contributed by atoms with Gasteiger partial charge in [-0.15, -0.1) is 0 Å². The largest absolute Gasteiger partial charge is 0.489 e. The van der Waals surface area contributed by atoms with Crippen LogP contribution in [0.5, 0.6) is 5.75 Å². The van der Waals surface area contributed by atoms with E-state index in [9.17, 15) is 4.79 Å². The maximum atomic E-state index is 13.0. The Morgan fingerprint density at radius 3 is 2.77 bits per heavy atom. The van der Waals surface area contributed by atoms with E-state index in [1.807, 2.05) is 45.0 Å². The molecule has 140 valence electrons. The fraction of sp³-hybridized carbons (Fsp3) is 0.524. The summed E-state index contributed by atoms with van der Waals surface area (Å²) in [5.41, 5.74) is 0.709. The summed E-state index contributed by atoms with van der Waals surface area (Å²) in [4.78, 5) is 17.5. The molecule has 0 radical (unpaired) electrons. The van der Waals surface area contributed by atoms with Gasteiger partial charge in [0, 0.05) is 18.2 Å². The highest BCUT2D eigenvalue weighted by Gasteiger charge is 2.48. The van der Waals surface area contributed by atoms with Gasteiger partial charge in [0.25, 0.3) is 5.91 Å². The first-order valence-corrected chi connectivity index (χ1v) is 9.45. The second kappa shape index (κ2) is 7.62. The Kier molecular flexibility index (Phi) is 5.47. The number of hydrogen-bond acceptors (Lipinski definition) is 4. The zero-order valence-electron chi connectivity index (χ0n) is 16.0. The number of hydrogen-bond donors (Lipinski definition) is 1. The predicted octanol–water partition coefficient (Wildman–Crippen LogP) is 4.56. The highest BCUT2D eigenvalue weighted by molar-refractivity contribution is 6.05. The van der Waals surface area contributed by atoms with Crippen molar-refractivity contribution in [1.82, 2.24) is 4.98 Å². The lowest BCUT2D eigenvalue weighted by Gasteiger charge is -2.29. The van der Waals surface area contributed by atoms with E-state index in [1.54, 1.807) is 6.20 Å². The molecular weight excluding hydrogens is 328 g/mol. The van der Waals surface area contributed by atoms with Gasteiger partial charge in [-0.05, 0) is 70.2 Å². The Morgan fingerprint density at radius 2 is 2.12 bits per heavy atom. The first-order valence-electron chi connectivity index (χ1n) is 9.45. The lowest BCUT2D eigenvalue weighted by Crippen LogP contribution is -2.45. The number of fused-ring (bicyclic) bond motifs is 1. The van der Waals surface area contributed by atoms with Crippen LogP contribution in [0.25, 0.3) is 10.9 Å². The number of anilines is 1. The third kappa shape index (κ3) is 3.83. The molecule has 5 nitrogen and oxygen atoms in total. The van der Waals surface area contributed by atoms with Gasteiger partial charge in [0.15, 0.2) is 0 Å². The molecular formula is C21H28N2O3. The van der Waals surface area contributed by atoms with Crippen LogP contribution < -0.4 is 10.1 Å². The zero-order valence-corrected chi connectivity index (χ0v) is 16.0. The van der Waals surface area contributed by atoms with Crippen LogP contribution in [0.3, 0.4) is 0 Å². The lowest BCUT2D eigenvalue weighted by molar-refractivity contribution is -0.142. The maximum absolute atomic E-state index is 13.0. The Hall–Kier alpha value is -2.14. The molecule has 1 aliphatic carbocycles. The van der Waals surface area contributed by atoms with Gasteiger partial charge in [-0.2, -0.15) is 0 Å². The predicted molar refractivity (Wildman–Crippen MR) is 104 cm³/mol. The number of nitrogens with one attached hydrogen (secondary N) is 1. The number of ether oxygens (including phenoxy) is 2. The van der Waals surface area contributed by atoms with Gasteiger partial charge in [-0.1, -0.05) is 6.92 Å². The Morgan fingerprint density at radius 1 is 1.35 bits per heavy atom. The van der Waals surface area contributed by atoms with E-state index in [0.717, 1.165) is 41.6 Å². The van der Waals surface area contributed by atoms with Crippen molar-refractivity contribution in [1.29, 1.82) is 0 Å². The van der Waals surface area contributed by atoms with Crippen LogP contribution in [0.15, 0.2) is 30.5 Å². The summed E-state index contributed by atoms with van der Waals surface area (Å²) in [6.45, 7) is 8.52. The van der Waals surface area contributed by atoms with Gasteiger partial charge in [-0.3, -0.25) is 9.78 Å². The smallest absolute Gasteiger partial charge is 0.256 e. The molecule has 5 heteroatoms. The molecule has 0 saturated heterocycles. The molecule has 1 aromatic carbocycles. The van der Waals surface area contributed by atoms with E-state index >= 15 is 0 Å². The molecule has 2 aromatic rings. The number of pyridine rings is 1. The van der Waals surface area contributed by atoms with Gasteiger partial charge in [0.1, 0.15) is 16.9 Å². The van der Waals surface area contributed by atoms with Crippen LogP contribution in [-0.2, 0) is 9.53 Å².